The van der Waals surface area contributed by atoms with E-state index in [9.17, 15) is 10.1 Å². The lowest BCUT2D eigenvalue weighted by Gasteiger charge is -2.09. The Morgan fingerprint density at radius 2 is 2.25 bits per heavy atom. The molecule has 0 atom stereocenters. The molecule has 0 aliphatic carbocycles. The van der Waals surface area contributed by atoms with Crippen molar-refractivity contribution in [2.75, 3.05) is 12.4 Å². The van der Waals surface area contributed by atoms with E-state index in [4.69, 9.17) is 16.3 Å². The zero-order valence-corrected chi connectivity index (χ0v) is 12.5. The number of ether oxygens (including phenoxy) is 1. The van der Waals surface area contributed by atoms with Crippen molar-refractivity contribution in [2.24, 2.45) is 0 Å². The van der Waals surface area contributed by atoms with Crippen molar-refractivity contribution in [3.05, 3.63) is 44.3 Å². The molecule has 0 bridgehead atoms. The molecule has 2 rings (SSSR count). The first-order valence-corrected chi connectivity index (χ1v) is 6.46. The van der Waals surface area contributed by atoms with Crippen LogP contribution >= 0.6 is 27.5 Å². The molecule has 0 radical (unpaired) electrons. The maximum atomic E-state index is 10.9. The van der Waals surface area contributed by atoms with E-state index in [2.05, 4.69) is 31.2 Å². The summed E-state index contributed by atoms with van der Waals surface area (Å²) in [5.41, 5.74) is 0.305. The van der Waals surface area contributed by atoms with Crippen molar-refractivity contribution in [2.45, 2.75) is 0 Å². The molecule has 1 N–H and O–H groups in total. The van der Waals surface area contributed by atoms with Crippen LogP contribution in [0.5, 0.6) is 5.75 Å². The first-order chi connectivity index (χ1) is 9.51. The highest BCUT2D eigenvalue weighted by molar-refractivity contribution is 9.10. The summed E-state index contributed by atoms with van der Waals surface area (Å²) in [4.78, 5) is 17.7. The summed E-state index contributed by atoms with van der Waals surface area (Å²) in [5, 5.41) is 13.6. The largest absolute Gasteiger partial charge is 0.495 e. The summed E-state index contributed by atoms with van der Waals surface area (Å²) < 4.78 is 5.91. The fourth-order valence-corrected chi connectivity index (χ4v) is 2.00. The number of hydrogen-bond acceptors (Lipinski definition) is 6. The number of nitrogens with one attached hydrogen (secondary N) is 1. The van der Waals surface area contributed by atoms with Gasteiger partial charge < -0.3 is 10.1 Å². The number of rotatable bonds is 4. The molecule has 9 heteroatoms. The van der Waals surface area contributed by atoms with E-state index >= 15 is 0 Å². The molecule has 2 aromatic rings. The van der Waals surface area contributed by atoms with Crippen LogP contribution in [0.15, 0.2) is 28.9 Å². The second-order valence-electron chi connectivity index (χ2n) is 3.60. The maximum absolute atomic E-state index is 10.9. The summed E-state index contributed by atoms with van der Waals surface area (Å²) in [6, 6.07) is 5.13. The highest BCUT2D eigenvalue weighted by atomic mass is 79.9. The van der Waals surface area contributed by atoms with Gasteiger partial charge in [0, 0.05) is 11.8 Å². The zero-order valence-electron chi connectivity index (χ0n) is 10.1. The third kappa shape index (κ3) is 3.14. The Morgan fingerprint density at radius 1 is 1.50 bits per heavy atom. The predicted octanol–water partition coefficient (Wildman–Crippen LogP) is 3.55. The predicted molar refractivity (Wildman–Crippen MR) is 77.7 cm³/mol. The molecule has 20 heavy (non-hydrogen) atoms. The molecule has 0 unspecified atom stereocenters. The van der Waals surface area contributed by atoms with Crippen LogP contribution in [0.1, 0.15) is 0 Å². The number of nitrogens with zero attached hydrogens (tertiary/aromatic N) is 3. The van der Waals surface area contributed by atoms with E-state index in [1.165, 1.54) is 7.11 Å². The smallest absolute Gasteiger partial charge is 0.329 e. The number of anilines is 2. The van der Waals surface area contributed by atoms with Gasteiger partial charge in [0.2, 0.25) is 11.1 Å². The molecular weight excluding hydrogens is 352 g/mol. The Bertz CT molecular complexity index is 668. The molecule has 1 aromatic carbocycles. The molecule has 0 spiro atoms. The summed E-state index contributed by atoms with van der Waals surface area (Å²) in [5.74, 6) is 0.595. The zero-order chi connectivity index (χ0) is 14.7. The van der Waals surface area contributed by atoms with Gasteiger partial charge in [-0.1, -0.05) is 0 Å². The van der Waals surface area contributed by atoms with Crippen molar-refractivity contribution < 1.29 is 9.66 Å². The molecule has 104 valence electrons. The maximum Gasteiger partial charge on any atom is 0.329 e. The van der Waals surface area contributed by atoms with Gasteiger partial charge in [-0.05, 0) is 39.7 Å². The summed E-state index contributed by atoms with van der Waals surface area (Å²) in [6.07, 6.45) is 1.05. The van der Waals surface area contributed by atoms with Gasteiger partial charge in [-0.15, -0.1) is 0 Å². The van der Waals surface area contributed by atoms with Gasteiger partial charge in [0.25, 0.3) is 0 Å². The molecule has 1 heterocycles. The number of aromatic nitrogens is 2. The Morgan fingerprint density at radius 3 is 2.90 bits per heavy atom. The van der Waals surface area contributed by atoms with E-state index in [0.717, 1.165) is 10.7 Å². The summed E-state index contributed by atoms with van der Waals surface area (Å²) in [7, 11) is 1.52. The standard InChI is InChI=1S/C11H8BrClN4O3/c1-20-9-4-6(2-3-7(9)12)15-10-8(17(18)19)5-14-11(13)16-10/h2-5H,1H3,(H,14,15,16). The SMILES string of the molecule is COc1cc(Nc2nc(Cl)ncc2[N+](=O)[O-])ccc1Br. The number of methoxy groups -OCH3 is 1. The first-order valence-electron chi connectivity index (χ1n) is 5.28. The Labute approximate surface area is 127 Å². The van der Waals surface area contributed by atoms with Crippen molar-refractivity contribution >= 4 is 44.7 Å². The van der Waals surface area contributed by atoms with Gasteiger partial charge in [0.15, 0.2) is 0 Å². The quantitative estimate of drug-likeness (QED) is 0.510. The van der Waals surface area contributed by atoms with Crippen molar-refractivity contribution in [3.8, 4) is 5.75 Å². The third-order valence-electron chi connectivity index (χ3n) is 2.35. The molecule has 0 amide bonds. The number of hydrogen-bond donors (Lipinski definition) is 1. The molecule has 0 saturated carbocycles. The van der Waals surface area contributed by atoms with Crippen LogP contribution in [-0.4, -0.2) is 22.0 Å². The Balaban J connectivity index is 2.39. The lowest BCUT2D eigenvalue weighted by Crippen LogP contribution is -2.01. The summed E-state index contributed by atoms with van der Waals surface area (Å²) >= 11 is 8.97. The van der Waals surface area contributed by atoms with Gasteiger partial charge >= 0.3 is 5.69 Å². The van der Waals surface area contributed by atoms with Crippen LogP contribution < -0.4 is 10.1 Å². The number of halogens is 2. The van der Waals surface area contributed by atoms with Crippen LogP contribution in [-0.2, 0) is 0 Å². The Hall–Kier alpha value is -1.93. The van der Waals surface area contributed by atoms with Crippen molar-refractivity contribution in [3.63, 3.8) is 0 Å². The van der Waals surface area contributed by atoms with Gasteiger partial charge in [0.1, 0.15) is 11.9 Å². The van der Waals surface area contributed by atoms with E-state index < -0.39 is 4.92 Å². The van der Waals surface area contributed by atoms with E-state index in [1.54, 1.807) is 18.2 Å². The second-order valence-corrected chi connectivity index (χ2v) is 4.80. The number of nitro groups is 1. The molecule has 0 aliphatic rings. The average Bonchev–Trinajstić information content (AvgIpc) is 2.40. The Kier molecular flexibility index (Phi) is 4.35. The summed E-state index contributed by atoms with van der Waals surface area (Å²) in [6.45, 7) is 0. The monoisotopic (exact) mass is 358 g/mol. The van der Waals surface area contributed by atoms with Crippen LogP contribution in [0.2, 0.25) is 5.28 Å². The normalized spacial score (nSPS) is 10.2. The molecule has 1 aromatic heterocycles. The highest BCUT2D eigenvalue weighted by Gasteiger charge is 2.17. The van der Waals surface area contributed by atoms with Crippen molar-refractivity contribution in [1.82, 2.24) is 9.97 Å². The lowest BCUT2D eigenvalue weighted by atomic mass is 10.3. The number of benzene rings is 1. The fraction of sp³-hybridized carbons (Fsp3) is 0.0909. The van der Waals surface area contributed by atoms with Gasteiger partial charge in [-0.25, -0.2) is 4.98 Å². The molecule has 0 aliphatic heterocycles. The molecule has 0 saturated heterocycles. The van der Waals surface area contributed by atoms with E-state index in [-0.39, 0.29) is 16.8 Å². The molecule has 0 fully saturated rings. The van der Waals surface area contributed by atoms with Crippen LogP contribution in [0.3, 0.4) is 0 Å². The third-order valence-corrected chi connectivity index (χ3v) is 3.19. The minimum atomic E-state index is -0.589. The van der Waals surface area contributed by atoms with Gasteiger partial charge in [-0.3, -0.25) is 10.1 Å². The first kappa shape index (κ1) is 14.5. The van der Waals surface area contributed by atoms with Gasteiger partial charge in [0.05, 0.1) is 16.5 Å². The minimum absolute atomic E-state index is 0.0133. The lowest BCUT2D eigenvalue weighted by molar-refractivity contribution is -0.384. The van der Waals surface area contributed by atoms with Gasteiger partial charge in [-0.2, -0.15) is 4.98 Å². The molecule has 7 nitrogen and oxygen atoms in total. The van der Waals surface area contributed by atoms with Crippen molar-refractivity contribution in [1.29, 1.82) is 0 Å². The minimum Gasteiger partial charge on any atom is -0.495 e. The van der Waals surface area contributed by atoms with Crippen LogP contribution in [0.4, 0.5) is 17.2 Å². The van der Waals surface area contributed by atoms with E-state index in [1.807, 2.05) is 0 Å². The second kappa shape index (κ2) is 6.02. The fourth-order valence-electron chi connectivity index (χ4n) is 1.45. The average molecular weight is 360 g/mol. The topological polar surface area (TPSA) is 90.2 Å². The van der Waals surface area contributed by atoms with Crippen LogP contribution in [0, 0.1) is 10.1 Å². The van der Waals surface area contributed by atoms with Crippen LogP contribution in [0.25, 0.3) is 0 Å². The van der Waals surface area contributed by atoms with E-state index in [0.29, 0.717) is 11.4 Å². The highest BCUT2D eigenvalue weighted by Crippen LogP contribution is 2.31. The molecular formula is C11H8BrClN4O3.